The normalized spacial score (nSPS) is 11.4. The Bertz CT molecular complexity index is 948. The molecule has 0 N–H and O–H groups in total. The first-order valence-corrected chi connectivity index (χ1v) is 10.7. The van der Waals surface area contributed by atoms with Crippen molar-refractivity contribution < 1.29 is 9.47 Å². The van der Waals surface area contributed by atoms with Crippen LogP contribution in [0.4, 0.5) is 0 Å². The van der Waals surface area contributed by atoms with Gasteiger partial charge in [-0.1, -0.05) is 80.8 Å². The lowest BCUT2D eigenvalue weighted by Gasteiger charge is -2.16. The molecule has 0 saturated heterocycles. The van der Waals surface area contributed by atoms with E-state index in [4.69, 9.17) is 4.74 Å². The molecule has 0 aliphatic heterocycles. The highest BCUT2D eigenvalue weighted by Crippen LogP contribution is 2.30. The Morgan fingerprint density at radius 3 is 2.48 bits per heavy atom. The first-order valence-electron chi connectivity index (χ1n) is 10.7. The minimum absolute atomic E-state index is 0.487. The third-order valence-electron chi connectivity index (χ3n) is 5.31. The van der Waals surface area contributed by atoms with Crippen molar-refractivity contribution in [2.45, 2.75) is 59.0 Å². The topological polar surface area (TPSA) is 36.2 Å². The maximum absolute atomic E-state index is 13.0. The number of hydrogen-bond acceptors (Lipinski definition) is 2. The number of unbranched alkanes of at least 4 members (excludes halogenated alkanes) is 4. The van der Waals surface area contributed by atoms with E-state index < -0.39 is 0 Å². The fraction of sp³-hybridized carbons (Fsp3) is 0.346. The number of para-hydroxylation sites is 1. The van der Waals surface area contributed by atoms with Gasteiger partial charge in [0.25, 0.3) is 0 Å². The molecule has 0 fully saturated rings. The Morgan fingerprint density at radius 1 is 0.931 bits per heavy atom. The van der Waals surface area contributed by atoms with E-state index in [1.54, 1.807) is 0 Å². The van der Waals surface area contributed by atoms with Crippen LogP contribution in [0, 0.1) is 12.1 Å². The molecule has 0 aliphatic carbocycles. The smallest absolute Gasteiger partial charge is 0.227 e. The van der Waals surface area contributed by atoms with Crippen LogP contribution in [0.5, 0.6) is 5.75 Å². The van der Waals surface area contributed by atoms with E-state index in [0.29, 0.717) is 18.5 Å². The summed E-state index contributed by atoms with van der Waals surface area (Å²) in [6.07, 6.45) is 11.0. The monoisotopic (exact) mass is 389 g/mol. The predicted octanol–water partition coefficient (Wildman–Crippen LogP) is 6.43. The van der Waals surface area contributed by atoms with Crippen LogP contribution in [0.25, 0.3) is 10.9 Å². The van der Waals surface area contributed by atoms with Gasteiger partial charge in [0.2, 0.25) is 11.2 Å². The number of allylic oxidation sites excluding steroid dienone is 2. The van der Waals surface area contributed by atoms with E-state index in [2.05, 4.69) is 31.2 Å². The summed E-state index contributed by atoms with van der Waals surface area (Å²) in [4.78, 5) is 0. The number of benzene rings is 2. The van der Waals surface area contributed by atoms with E-state index in [0.717, 1.165) is 39.1 Å². The SMILES string of the molecule is CCCCCCC=CCc1c(C)c(OCc2ccccc2)c2ccccc2[n+]1[O-]. The van der Waals surface area contributed by atoms with Crippen molar-refractivity contribution in [1.29, 1.82) is 0 Å². The number of fused-ring (bicyclic) bond motifs is 1. The summed E-state index contributed by atoms with van der Waals surface area (Å²) < 4.78 is 7.30. The van der Waals surface area contributed by atoms with Gasteiger partial charge in [0.05, 0.1) is 17.4 Å². The number of ether oxygens (including phenoxy) is 1. The summed E-state index contributed by atoms with van der Waals surface area (Å²) in [6, 6.07) is 17.8. The number of pyridine rings is 1. The zero-order chi connectivity index (χ0) is 20.5. The van der Waals surface area contributed by atoms with Crippen LogP contribution in [0.2, 0.25) is 0 Å². The minimum atomic E-state index is 0.487. The first kappa shape index (κ1) is 20.9. The van der Waals surface area contributed by atoms with Crippen LogP contribution in [0.15, 0.2) is 66.7 Å². The van der Waals surface area contributed by atoms with Gasteiger partial charge in [-0.05, 0) is 31.4 Å². The van der Waals surface area contributed by atoms with Crippen molar-refractivity contribution in [1.82, 2.24) is 0 Å². The van der Waals surface area contributed by atoms with Crippen LogP contribution in [0.3, 0.4) is 0 Å². The Labute approximate surface area is 174 Å². The van der Waals surface area contributed by atoms with Gasteiger partial charge in [-0.2, -0.15) is 4.73 Å². The Hall–Kier alpha value is -2.81. The summed E-state index contributed by atoms with van der Waals surface area (Å²) in [5, 5.41) is 13.9. The number of aromatic nitrogens is 1. The van der Waals surface area contributed by atoms with Gasteiger partial charge in [-0.15, -0.1) is 0 Å². The molecule has 0 saturated carbocycles. The lowest BCUT2D eigenvalue weighted by molar-refractivity contribution is -0.585. The molecule has 29 heavy (non-hydrogen) atoms. The predicted molar refractivity (Wildman–Crippen MR) is 120 cm³/mol. The van der Waals surface area contributed by atoms with Crippen LogP contribution in [-0.2, 0) is 13.0 Å². The fourth-order valence-corrected chi connectivity index (χ4v) is 3.63. The Kier molecular flexibility index (Phi) is 7.69. The van der Waals surface area contributed by atoms with Gasteiger partial charge in [0.15, 0.2) is 0 Å². The molecule has 3 nitrogen and oxygen atoms in total. The molecule has 0 radical (unpaired) electrons. The van der Waals surface area contributed by atoms with E-state index in [9.17, 15) is 5.21 Å². The van der Waals surface area contributed by atoms with Crippen LogP contribution >= 0.6 is 0 Å². The summed E-state index contributed by atoms with van der Waals surface area (Å²) in [5.74, 6) is 0.808. The lowest BCUT2D eigenvalue weighted by atomic mass is 10.1. The number of hydrogen-bond donors (Lipinski definition) is 0. The molecule has 0 aliphatic rings. The first-order chi connectivity index (χ1) is 14.2. The van der Waals surface area contributed by atoms with Gasteiger partial charge >= 0.3 is 0 Å². The van der Waals surface area contributed by atoms with Crippen LogP contribution < -0.4 is 9.47 Å². The quantitative estimate of drug-likeness (QED) is 0.173. The Balaban J connectivity index is 1.82. The third kappa shape index (κ3) is 5.38. The number of rotatable bonds is 10. The van der Waals surface area contributed by atoms with Crippen molar-refractivity contribution in [2.75, 3.05) is 0 Å². The maximum Gasteiger partial charge on any atom is 0.227 e. The standard InChI is InChI=1S/C26H31NO2/c1-3-4-5-6-7-8-12-18-24-21(2)26(29-20-22-15-10-9-11-16-22)23-17-13-14-19-25(23)27(24)28/h8-17,19H,3-7,18,20H2,1-2H3. The van der Waals surface area contributed by atoms with Crippen molar-refractivity contribution in [3.8, 4) is 5.75 Å². The largest absolute Gasteiger partial charge is 0.618 e. The molecule has 1 aromatic heterocycles. The van der Waals surface area contributed by atoms with Crippen molar-refractivity contribution in [2.24, 2.45) is 0 Å². The summed E-state index contributed by atoms with van der Waals surface area (Å²) >= 11 is 0. The lowest BCUT2D eigenvalue weighted by Crippen LogP contribution is -2.34. The average Bonchev–Trinajstić information content (AvgIpc) is 2.76. The second-order valence-corrected chi connectivity index (χ2v) is 7.51. The molecule has 0 bridgehead atoms. The highest BCUT2D eigenvalue weighted by atomic mass is 16.5. The molecule has 0 unspecified atom stereocenters. The van der Waals surface area contributed by atoms with E-state index in [-0.39, 0.29) is 0 Å². The second kappa shape index (κ2) is 10.7. The second-order valence-electron chi connectivity index (χ2n) is 7.51. The highest BCUT2D eigenvalue weighted by Gasteiger charge is 2.20. The number of nitrogens with zero attached hydrogens (tertiary/aromatic N) is 1. The molecule has 2 aromatic carbocycles. The van der Waals surface area contributed by atoms with Crippen LogP contribution in [-0.4, -0.2) is 0 Å². The fourth-order valence-electron chi connectivity index (χ4n) is 3.63. The molecular weight excluding hydrogens is 358 g/mol. The molecule has 0 spiro atoms. The van der Waals surface area contributed by atoms with E-state index in [1.165, 1.54) is 25.7 Å². The van der Waals surface area contributed by atoms with Gasteiger partial charge in [-0.25, -0.2) is 0 Å². The zero-order valence-corrected chi connectivity index (χ0v) is 17.6. The summed E-state index contributed by atoms with van der Waals surface area (Å²) in [5.41, 5.74) is 3.46. The highest BCUT2D eigenvalue weighted by molar-refractivity contribution is 5.84. The van der Waals surface area contributed by atoms with Crippen molar-refractivity contribution >= 4 is 10.9 Å². The zero-order valence-electron chi connectivity index (χ0n) is 17.6. The molecule has 3 rings (SSSR count). The minimum Gasteiger partial charge on any atom is -0.618 e. The van der Waals surface area contributed by atoms with Gasteiger partial charge in [-0.3, -0.25) is 0 Å². The van der Waals surface area contributed by atoms with Gasteiger partial charge in [0.1, 0.15) is 12.4 Å². The van der Waals surface area contributed by atoms with E-state index >= 15 is 0 Å². The van der Waals surface area contributed by atoms with Gasteiger partial charge < -0.3 is 9.94 Å². The average molecular weight is 390 g/mol. The molecule has 0 amide bonds. The molecule has 3 aromatic rings. The summed E-state index contributed by atoms with van der Waals surface area (Å²) in [7, 11) is 0. The molecule has 0 atom stereocenters. The molecule has 3 heteroatoms. The third-order valence-corrected chi connectivity index (χ3v) is 5.31. The van der Waals surface area contributed by atoms with Crippen molar-refractivity contribution in [3.63, 3.8) is 0 Å². The molecule has 1 heterocycles. The Morgan fingerprint density at radius 2 is 1.69 bits per heavy atom. The molecule has 152 valence electrons. The van der Waals surface area contributed by atoms with Crippen molar-refractivity contribution in [3.05, 3.63) is 88.8 Å². The van der Waals surface area contributed by atoms with Gasteiger partial charge in [0, 0.05) is 6.07 Å². The van der Waals surface area contributed by atoms with E-state index in [1.807, 2.05) is 49.4 Å². The van der Waals surface area contributed by atoms with Crippen LogP contribution in [0.1, 0.15) is 55.8 Å². The molecular formula is C26H31NO2. The summed E-state index contributed by atoms with van der Waals surface area (Å²) in [6.45, 7) is 4.70. The maximum atomic E-state index is 13.0.